The molecular formula is C27H22N4O3S. The first-order chi connectivity index (χ1) is 17.2. The van der Waals surface area contributed by atoms with Gasteiger partial charge in [-0.2, -0.15) is 4.98 Å². The molecule has 0 radical (unpaired) electrons. The van der Waals surface area contributed by atoms with E-state index in [1.165, 1.54) is 17.4 Å². The van der Waals surface area contributed by atoms with Crippen LogP contribution in [0.15, 0.2) is 90.3 Å². The van der Waals surface area contributed by atoms with E-state index in [2.05, 4.69) is 15.4 Å². The monoisotopic (exact) mass is 482 g/mol. The maximum Gasteiger partial charge on any atom is 0.250 e. The molecule has 0 unspecified atom stereocenters. The molecule has 2 aromatic heterocycles. The maximum absolute atomic E-state index is 12.4. The van der Waals surface area contributed by atoms with Crippen LogP contribution in [0.2, 0.25) is 0 Å². The maximum atomic E-state index is 12.4. The van der Waals surface area contributed by atoms with Crippen LogP contribution in [0.4, 0.5) is 5.95 Å². The lowest BCUT2D eigenvalue weighted by Crippen LogP contribution is -2.09. The van der Waals surface area contributed by atoms with Gasteiger partial charge in [-0.3, -0.25) is 10.1 Å². The zero-order valence-corrected chi connectivity index (χ0v) is 19.7. The summed E-state index contributed by atoms with van der Waals surface area (Å²) in [4.78, 5) is 17.5. The molecule has 0 atom stereocenters. The fraction of sp³-hybridized carbons (Fsp3) is 0.0741. The first-order valence-electron chi connectivity index (χ1n) is 10.9. The molecule has 0 bridgehead atoms. The van der Waals surface area contributed by atoms with Gasteiger partial charge in [0.1, 0.15) is 18.1 Å². The number of amides is 1. The highest BCUT2D eigenvalue weighted by molar-refractivity contribution is 7.15. The summed E-state index contributed by atoms with van der Waals surface area (Å²) in [6.07, 6.45) is 3.19. The average Bonchev–Trinajstić information content (AvgIpc) is 3.48. The van der Waals surface area contributed by atoms with Gasteiger partial charge >= 0.3 is 0 Å². The number of nitrogens with zero attached hydrogens (tertiary/aromatic N) is 3. The van der Waals surface area contributed by atoms with Gasteiger partial charge in [0.2, 0.25) is 4.96 Å². The first kappa shape index (κ1) is 22.4. The molecule has 0 saturated carbocycles. The van der Waals surface area contributed by atoms with Crippen molar-refractivity contribution in [2.24, 2.45) is 0 Å². The van der Waals surface area contributed by atoms with Crippen LogP contribution in [-0.2, 0) is 11.4 Å². The van der Waals surface area contributed by atoms with E-state index in [0.29, 0.717) is 11.6 Å². The molecule has 0 aliphatic heterocycles. The third-order valence-corrected chi connectivity index (χ3v) is 6.05. The summed E-state index contributed by atoms with van der Waals surface area (Å²) in [5.41, 5.74) is 3.82. The second kappa shape index (κ2) is 10.2. The minimum Gasteiger partial charge on any atom is -0.497 e. The molecule has 0 saturated heterocycles. The number of aromatic nitrogens is 3. The molecule has 0 spiro atoms. The van der Waals surface area contributed by atoms with Crippen LogP contribution >= 0.6 is 11.3 Å². The smallest absolute Gasteiger partial charge is 0.250 e. The minimum atomic E-state index is -0.310. The summed E-state index contributed by atoms with van der Waals surface area (Å²) in [5, 5.41) is 9.15. The van der Waals surface area contributed by atoms with Gasteiger partial charge in [0.05, 0.1) is 12.8 Å². The number of nitrogens with one attached hydrogen (secondary N) is 1. The first-order valence-corrected chi connectivity index (χ1v) is 11.8. The number of fused-ring (bicyclic) bond motifs is 1. The molecule has 5 rings (SSSR count). The molecule has 3 aromatic carbocycles. The van der Waals surface area contributed by atoms with Gasteiger partial charge in [0.15, 0.2) is 0 Å². The molecular weight excluding hydrogens is 460 g/mol. The van der Waals surface area contributed by atoms with Crippen molar-refractivity contribution >= 4 is 34.2 Å². The van der Waals surface area contributed by atoms with Crippen molar-refractivity contribution in [3.63, 3.8) is 0 Å². The van der Waals surface area contributed by atoms with Crippen molar-refractivity contribution in [2.75, 3.05) is 12.4 Å². The topological polar surface area (TPSA) is 77.8 Å². The molecule has 1 N–H and O–H groups in total. The second-order valence-electron chi connectivity index (χ2n) is 7.65. The lowest BCUT2D eigenvalue weighted by Gasteiger charge is -2.06. The Bertz CT molecular complexity index is 1470. The number of ether oxygens (including phenoxy) is 2. The van der Waals surface area contributed by atoms with E-state index in [0.717, 1.165) is 33.9 Å². The SMILES string of the molecule is COc1cccc(-c2csc3nc(NC(=O)/C=C/c4ccc(OCc5ccccc5)cc4)nn23)c1. The highest BCUT2D eigenvalue weighted by Crippen LogP contribution is 2.28. The molecule has 0 aliphatic rings. The molecule has 7 nitrogen and oxygen atoms in total. The van der Waals surface area contributed by atoms with Gasteiger partial charge < -0.3 is 9.47 Å². The minimum absolute atomic E-state index is 0.250. The van der Waals surface area contributed by atoms with Crippen LogP contribution in [0.25, 0.3) is 22.3 Å². The molecule has 1 amide bonds. The number of thiazole rings is 1. The molecule has 2 heterocycles. The standard InChI is InChI=1S/C27H22N4O3S/c1-33-23-9-5-8-21(16-23)24-18-35-27-29-26(30-31(24)27)28-25(32)15-12-19-10-13-22(14-11-19)34-17-20-6-3-2-4-7-20/h2-16,18H,17H2,1H3,(H,28,30,32)/b15-12+. The van der Waals surface area contributed by atoms with Crippen LogP contribution in [0.3, 0.4) is 0 Å². The lowest BCUT2D eigenvalue weighted by atomic mass is 10.2. The van der Waals surface area contributed by atoms with Gasteiger partial charge in [0, 0.05) is 17.0 Å². The van der Waals surface area contributed by atoms with Crippen LogP contribution in [0.1, 0.15) is 11.1 Å². The Kier molecular flexibility index (Phi) is 6.54. The number of hydrogen-bond donors (Lipinski definition) is 1. The highest BCUT2D eigenvalue weighted by atomic mass is 32.1. The third-order valence-electron chi connectivity index (χ3n) is 5.24. The van der Waals surface area contributed by atoms with E-state index in [-0.39, 0.29) is 11.9 Å². The number of rotatable bonds is 8. The van der Waals surface area contributed by atoms with Crippen LogP contribution < -0.4 is 14.8 Å². The number of benzene rings is 3. The second-order valence-corrected chi connectivity index (χ2v) is 8.49. The van der Waals surface area contributed by atoms with Crippen LogP contribution in [-0.4, -0.2) is 27.6 Å². The van der Waals surface area contributed by atoms with E-state index >= 15 is 0 Å². The fourth-order valence-corrected chi connectivity index (χ4v) is 4.29. The van der Waals surface area contributed by atoms with Gasteiger partial charge in [-0.1, -0.05) is 54.6 Å². The summed E-state index contributed by atoms with van der Waals surface area (Å²) in [5.74, 6) is 1.47. The molecule has 35 heavy (non-hydrogen) atoms. The summed E-state index contributed by atoms with van der Waals surface area (Å²) in [7, 11) is 1.63. The molecule has 0 fully saturated rings. The van der Waals surface area contributed by atoms with Crippen molar-refractivity contribution in [2.45, 2.75) is 6.61 Å². The largest absolute Gasteiger partial charge is 0.497 e. The van der Waals surface area contributed by atoms with Crippen LogP contribution in [0, 0.1) is 0 Å². The van der Waals surface area contributed by atoms with E-state index < -0.39 is 0 Å². The summed E-state index contributed by atoms with van der Waals surface area (Å²) in [6, 6.07) is 25.3. The number of methoxy groups -OCH3 is 1. The lowest BCUT2D eigenvalue weighted by molar-refractivity contribution is -0.111. The van der Waals surface area contributed by atoms with Gasteiger partial charge in [-0.15, -0.1) is 16.4 Å². The van der Waals surface area contributed by atoms with E-state index in [9.17, 15) is 4.79 Å². The van der Waals surface area contributed by atoms with Crippen molar-refractivity contribution in [3.8, 4) is 22.8 Å². The zero-order valence-electron chi connectivity index (χ0n) is 18.9. The molecule has 174 valence electrons. The summed E-state index contributed by atoms with van der Waals surface area (Å²) >= 11 is 1.45. The summed E-state index contributed by atoms with van der Waals surface area (Å²) < 4.78 is 12.8. The fourth-order valence-electron chi connectivity index (χ4n) is 3.45. The van der Waals surface area contributed by atoms with E-state index in [1.807, 2.05) is 84.2 Å². The Labute approximate surface area is 206 Å². The number of carbonyl (C=O) groups is 1. The highest BCUT2D eigenvalue weighted by Gasteiger charge is 2.13. The van der Waals surface area contributed by atoms with Crippen molar-refractivity contribution in [1.82, 2.24) is 14.6 Å². The van der Waals surface area contributed by atoms with Crippen molar-refractivity contribution in [3.05, 3.63) is 101 Å². The van der Waals surface area contributed by atoms with E-state index in [1.54, 1.807) is 17.7 Å². The normalized spacial score (nSPS) is 11.1. The zero-order chi connectivity index (χ0) is 24.0. The molecule has 5 aromatic rings. The number of anilines is 1. The number of hydrogen-bond acceptors (Lipinski definition) is 6. The quantitative estimate of drug-likeness (QED) is 0.287. The number of carbonyl (C=O) groups excluding carboxylic acids is 1. The van der Waals surface area contributed by atoms with Gasteiger partial charge in [0.25, 0.3) is 11.9 Å². The predicted molar refractivity (Wildman–Crippen MR) is 138 cm³/mol. The van der Waals surface area contributed by atoms with Gasteiger partial charge in [-0.25, -0.2) is 4.52 Å². The van der Waals surface area contributed by atoms with Crippen molar-refractivity contribution < 1.29 is 14.3 Å². The van der Waals surface area contributed by atoms with Gasteiger partial charge in [-0.05, 0) is 41.5 Å². The summed E-state index contributed by atoms with van der Waals surface area (Å²) in [6.45, 7) is 0.507. The predicted octanol–water partition coefficient (Wildman–Crippen LogP) is 5.70. The Hall–Kier alpha value is -4.43. The van der Waals surface area contributed by atoms with Crippen LogP contribution in [0.5, 0.6) is 11.5 Å². The Balaban J connectivity index is 1.21. The molecule has 8 heteroatoms. The third kappa shape index (κ3) is 5.39. The Morgan fingerprint density at radius 3 is 2.66 bits per heavy atom. The Morgan fingerprint density at radius 2 is 1.86 bits per heavy atom. The Morgan fingerprint density at radius 1 is 1.03 bits per heavy atom. The van der Waals surface area contributed by atoms with Crippen molar-refractivity contribution in [1.29, 1.82) is 0 Å². The van der Waals surface area contributed by atoms with E-state index in [4.69, 9.17) is 9.47 Å². The molecule has 0 aliphatic carbocycles. The average molecular weight is 483 g/mol.